The molecule has 1 aliphatic rings. The van der Waals surface area contributed by atoms with Gasteiger partial charge in [0.1, 0.15) is 11.5 Å². The van der Waals surface area contributed by atoms with Gasteiger partial charge in [-0.2, -0.15) is 0 Å². The molecule has 0 bridgehead atoms. The molecule has 0 radical (unpaired) electrons. The Morgan fingerprint density at radius 2 is 2.12 bits per heavy atom. The molecule has 0 aliphatic carbocycles. The lowest BCUT2D eigenvalue weighted by Crippen LogP contribution is -2.28. The first-order valence-corrected chi connectivity index (χ1v) is 8.58. The van der Waals surface area contributed by atoms with Crippen LogP contribution in [0.2, 0.25) is 5.02 Å². The Morgan fingerprint density at radius 1 is 1.27 bits per heavy atom. The highest BCUT2D eigenvalue weighted by atomic mass is 35.5. The maximum atomic E-state index is 12.6. The number of fused-ring (bicyclic) bond motifs is 1. The molecule has 0 spiro atoms. The highest BCUT2D eigenvalue weighted by Gasteiger charge is 2.22. The van der Waals surface area contributed by atoms with Crippen molar-refractivity contribution in [3.63, 3.8) is 0 Å². The molecule has 0 saturated carbocycles. The van der Waals surface area contributed by atoms with Crippen molar-refractivity contribution < 1.29 is 24.2 Å². The predicted octanol–water partition coefficient (Wildman–Crippen LogP) is 3.45. The molecular formula is C19H18ClNO5. The summed E-state index contributed by atoms with van der Waals surface area (Å²) in [5.74, 6) is -0.331. The Labute approximate surface area is 155 Å². The summed E-state index contributed by atoms with van der Waals surface area (Å²) < 4.78 is 10.8. The van der Waals surface area contributed by atoms with Gasteiger partial charge in [-0.3, -0.25) is 4.79 Å². The van der Waals surface area contributed by atoms with Crippen LogP contribution >= 0.6 is 11.6 Å². The number of halogens is 1. The monoisotopic (exact) mass is 375 g/mol. The standard InChI is InChI=1S/C19H18ClNO5/c20-13-6-7-15-16(5-2-8-25-17(15)10-13)21-19(24)12-3-1-4-14(9-12)26-11-18(22)23/h1,3-4,6-7,9-10,16H,2,5,8,11H2,(H,21,24)(H,22,23). The van der Waals surface area contributed by atoms with E-state index in [9.17, 15) is 9.59 Å². The third kappa shape index (κ3) is 4.46. The first-order valence-electron chi connectivity index (χ1n) is 8.20. The number of hydrogen-bond donors (Lipinski definition) is 2. The summed E-state index contributed by atoms with van der Waals surface area (Å²) in [7, 11) is 0. The molecule has 1 amide bonds. The van der Waals surface area contributed by atoms with Crippen LogP contribution in [0.3, 0.4) is 0 Å². The van der Waals surface area contributed by atoms with E-state index in [-0.39, 0.29) is 11.9 Å². The zero-order valence-corrected chi connectivity index (χ0v) is 14.7. The fourth-order valence-electron chi connectivity index (χ4n) is 2.81. The van der Waals surface area contributed by atoms with Gasteiger partial charge in [-0.1, -0.05) is 23.7 Å². The molecule has 1 unspecified atom stereocenters. The number of carbonyl (C=O) groups is 2. The molecule has 6 nitrogen and oxygen atoms in total. The molecule has 0 aromatic heterocycles. The third-order valence-electron chi connectivity index (χ3n) is 4.01. The van der Waals surface area contributed by atoms with Crippen molar-refractivity contribution in [1.29, 1.82) is 0 Å². The number of carboxylic acid groups (broad SMARTS) is 1. The predicted molar refractivity (Wildman–Crippen MR) is 96.0 cm³/mol. The number of nitrogens with one attached hydrogen (secondary N) is 1. The zero-order chi connectivity index (χ0) is 18.5. The average Bonchev–Trinajstić information content (AvgIpc) is 2.82. The lowest BCUT2D eigenvalue weighted by atomic mass is 10.0. The smallest absolute Gasteiger partial charge is 0.341 e. The molecule has 2 aromatic rings. The Hall–Kier alpha value is -2.73. The summed E-state index contributed by atoms with van der Waals surface area (Å²) >= 11 is 6.03. The van der Waals surface area contributed by atoms with E-state index >= 15 is 0 Å². The largest absolute Gasteiger partial charge is 0.493 e. The third-order valence-corrected chi connectivity index (χ3v) is 4.24. The van der Waals surface area contributed by atoms with Gasteiger partial charge in [-0.15, -0.1) is 0 Å². The summed E-state index contributed by atoms with van der Waals surface area (Å²) in [6.45, 7) is 0.109. The van der Waals surface area contributed by atoms with Crippen LogP contribution in [0.15, 0.2) is 42.5 Å². The number of carbonyl (C=O) groups excluding carboxylic acids is 1. The van der Waals surface area contributed by atoms with Crippen LogP contribution in [0, 0.1) is 0 Å². The number of aliphatic carboxylic acids is 1. The molecule has 2 N–H and O–H groups in total. The van der Waals surface area contributed by atoms with Gasteiger partial charge in [0.05, 0.1) is 12.6 Å². The van der Waals surface area contributed by atoms with Crippen LogP contribution in [-0.2, 0) is 4.79 Å². The quantitative estimate of drug-likeness (QED) is 0.836. The lowest BCUT2D eigenvalue weighted by molar-refractivity contribution is -0.139. The van der Waals surface area contributed by atoms with Crippen LogP contribution in [0.4, 0.5) is 0 Å². The van der Waals surface area contributed by atoms with Crippen molar-refractivity contribution in [3.05, 3.63) is 58.6 Å². The van der Waals surface area contributed by atoms with Gasteiger partial charge in [0, 0.05) is 16.1 Å². The fraction of sp³-hybridized carbons (Fsp3) is 0.263. The summed E-state index contributed by atoms with van der Waals surface area (Å²) in [5, 5.41) is 12.3. The molecular weight excluding hydrogens is 358 g/mol. The topological polar surface area (TPSA) is 84.9 Å². The van der Waals surface area contributed by atoms with Gasteiger partial charge in [0.2, 0.25) is 0 Å². The number of amides is 1. The van der Waals surface area contributed by atoms with Crippen LogP contribution in [0.1, 0.15) is 34.8 Å². The Balaban J connectivity index is 1.76. The van der Waals surface area contributed by atoms with Crippen LogP contribution in [-0.4, -0.2) is 30.2 Å². The van der Waals surface area contributed by atoms with Gasteiger partial charge in [-0.05, 0) is 43.2 Å². The van der Waals surface area contributed by atoms with Gasteiger partial charge in [0.25, 0.3) is 5.91 Å². The summed E-state index contributed by atoms with van der Waals surface area (Å²) in [6.07, 6.45) is 1.55. The van der Waals surface area contributed by atoms with Crippen LogP contribution in [0.25, 0.3) is 0 Å². The molecule has 3 rings (SSSR count). The number of hydrogen-bond acceptors (Lipinski definition) is 4. The molecule has 2 aromatic carbocycles. The van der Waals surface area contributed by atoms with Gasteiger partial charge < -0.3 is 19.9 Å². The lowest BCUT2D eigenvalue weighted by Gasteiger charge is -2.19. The maximum Gasteiger partial charge on any atom is 0.341 e. The zero-order valence-electron chi connectivity index (χ0n) is 13.9. The van der Waals surface area contributed by atoms with Gasteiger partial charge >= 0.3 is 5.97 Å². The second-order valence-electron chi connectivity index (χ2n) is 5.91. The van der Waals surface area contributed by atoms with E-state index in [1.54, 1.807) is 30.3 Å². The highest BCUT2D eigenvalue weighted by Crippen LogP contribution is 2.33. The van der Waals surface area contributed by atoms with E-state index in [1.165, 1.54) is 6.07 Å². The second-order valence-corrected chi connectivity index (χ2v) is 6.35. The minimum absolute atomic E-state index is 0.194. The Bertz CT molecular complexity index is 823. The van der Waals surface area contributed by atoms with E-state index in [4.69, 9.17) is 26.2 Å². The molecule has 1 atom stereocenters. The summed E-state index contributed by atoms with van der Waals surface area (Å²) in [5.41, 5.74) is 1.28. The molecule has 7 heteroatoms. The molecule has 1 aliphatic heterocycles. The van der Waals surface area contributed by atoms with Crippen LogP contribution in [0.5, 0.6) is 11.5 Å². The number of carboxylic acids is 1. The van der Waals surface area contributed by atoms with E-state index in [1.807, 2.05) is 6.07 Å². The molecule has 26 heavy (non-hydrogen) atoms. The number of benzene rings is 2. The minimum atomic E-state index is -1.08. The maximum absolute atomic E-state index is 12.6. The van der Waals surface area contributed by atoms with E-state index in [2.05, 4.69) is 5.32 Å². The van der Waals surface area contributed by atoms with Crippen LogP contribution < -0.4 is 14.8 Å². The highest BCUT2D eigenvalue weighted by molar-refractivity contribution is 6.30. The number of rotatable bonds is 5. The van der Waals surface area contributed by atoms with Crippen molar-refractivity contribution in [1.82, 2.24) is 5.32 Å². The molecule has 0 saturated heterocycles. The van der Waals surface area contributed by atoms with Crippen molar-refractivity contribution in [2.24, 2.45) is 0 Å². The summed E-state index contributed by atoms with van der Waals surface area (Å²) in [4.78, 5) is 23.2. The molecule has 136 valence electrons. The Morgan fingerprint density at radius 3 is 2.92 bits per heavy atom. The van der Waals surface area contributed by atoms with Crippen molar-refractivity contribution in [3.8, 4) is 11.5 Å². The average molecular weight is 376 g/mol. The SMILES string of the molecule is O=C(O)COc1cccc(C(=O)NC2CCCOc3cc(Cl)ccc32)c1. The van der Waals surface area contributed by atoms with Crippen molar-refractivity contribution in [2.45, 2.75) is 18.9 Å². The second kappa shape index (κ2) is 8.10. The minimum Gasteiger partial charge on any atom is -0.493 e. The van der Waals surface area contributed by atoms with E-state index in [0.29, 0.717) is 28.7 Å². The summed E-state index contributed by atoms with van der Waals surface area (Å²) in [6, 6.07) is 11.6. The van der Waals surface area contributed by atoms with Crippen molar-refractivity contribution >= 4 is 23.5 Å². The Kier molecular flexibility index (Phi) is 5.63. The number of ether oxygens (including phenoxy) is 2. The molecule has 1 heterocycles. The van der Waals surface area contributed by atoms with Gasteiger partial charge in [-0.25, -0.2) is 4.79 Å². The van der Waals surface area contributed by atoms with E-state index < -0.39 is 12.6 Å². The molecule has 0 fully saturated rings. The fourth-order valence-corrected chi connectivity index (χ4v) is 2.97. The van der Waals surface area contributed by atoms with Gasteiger partial charge in [0.15, 0.2) is 6.61 Å². The first kappa shape index (κ1) is 18.1. The first-order chi connectivity index (χ1) is 12.5. The van der Waals surface area contributed by atoms with Crippen molar-refractivity contribution in [2.75, 3.05) is 13.2 Å². The normalized spacial score (nSPS) is 16.0. The van der Waals surface area contributed by atoms with E-state index in [0.717, 1.165) is 18.4 Å².